The first-order valence-electron chi connectivity index (χ1n) is 10.7. The van der Waals surface area contributed by atoms with Crippen molar-refractivity contribution in [3.63, 3.8) is 0 Å². The van der Waals surface area contributed by atoms with E-state index in [4.69, 9.17) is 4.74 Å². The van der Waals surface area contributed by atoms with E-state index in [1.807, 2.05) is 27.3 Å². The van der Waals surface area contributed by atoms with E-state index in [0.717, 1.165) is 30.8 Å². The van der Waals surface area contributed by atoms with Gasteiger partial charge in [0.25, 0.3) is 0 Å². The van der Waals surface area contributed by atoms with Gasteiger partial charge in [0.2, 0.25) is 17.7 Å². The van der Waals surface area contributed by atoms with E-state index < -0.39 is 6.04 Å². The Kier molecular flexibility index (Phi) is 6.70. The van der Waals surface area contributed by atoms with E-state index >= 15 is 0 Å². The number of hydrogen-bond donors (Lipinski definition) is 1. The number of thiophene rings is 1. The van der Waals surface area contributed by atoms with Crippen LogP contribution in [0.1, 0.15) is 24.1 Å². The van der Waals surface area contributed by atoms with Gasteiger partial charge in [0.1, 0.15) is 12.6 Å². The van der Waals surface area contributed by atoms with Crippen LogP contribution in [0.5, 0.6) is 0 Å². The van der Waals surface area contributed by atoms with Gasteiger partial charge >= 0.3 is 0 Å². The van der Waals surface area contributed by atoms with Crippen LogP contribution in [0, 0.1) is 5.92 Å². The number of likely N-dealkylation sites (tertiary alicyclic amines) is 1. The van der Waals surface area contributed by atoms with Crippen LogP contribution in [0.4, 0.5) is 0 Å². The lowest BCUT2D eigenvalue weighted by Crippen LogP contribution is -2.53. The number of amides is 3. The molecule has 4 rings (SSSR count). The van der Waals surface area contributed by atoms with Crippen molar-refractivity contribution >= 4 is 29.1 Å². The van der Waals surface area contributed by atoms with Crippen molar-refractivity contribution in [3.05, 3.63) is 22.4 Å². The summed E-state index contributed by atoms with van der Waals surface area (Å²) in [5.74, 6) is 0.0423. The zero-order valence-corrected chi connectivity index (χ0v) is 18.2. The fourth-order valence-electron chi connectivity index (χ4n) is 4.37. The fourth-order valence-corrected chi connectivity index (χ4v) is 5.08. The van der Waals surface area contributed by atoms with Crippen molar-refractivity contribution in [2.75, 3.05) is 46.4 Å². The summed E-state index contributed by atoms with van der Waals surface area (Å²) in [6, 6.07) is 3.33. The number of ether oxygens (including phenoxy) is 1. The zero-order chi connectivity index (χ0) is 21.1. The average Bonchev–Trinajstić information content (AvgIpc) is 3.31. The number of nitrogens with one attached hydrogen (secondary N) is 1. The summed E-state index contributed by atoms with van der Waals surface area (Å²) in [7, 11) is 1.48. The molecule has 2 atom stereocenters. The number of hydrogen-bond acceptors (Lipinski definition) is 6. The van der Waals surface area contributed by atoms with Crippen molar-refractivity contribution in [1.29, 1.82) is 0 Å². The summed E-state index contributed by atoms with van der Waals surface area (Å²) in [6.07, 6.45) is 2.35. The van der Waals surface area contributed by atoms with Crippen LogP contribution in [-0.2, 0) is 25.7 Å². The predicted molar refractivity (Wildman–Crippen MR) is 113 cm³/mol. The Morgan fingerprint density at radius 1 is 1.27 bits per heavy atom. The smallest absolute Gasteiger partial charge is 0.249 e. The Morgan fingerprint density at radius 3 is 2.67 bits per heavy atom. The minimum absolute atomic E-state index is 0.0154. The summed E-state index contributed by atoms with van der Waals surface area (Å²) in [6.45, 7) is 3.68. The molecule has 30 heavy (non-hydrogen) atoms. The van der Waals surface area contributed by atoms with Gasteiger partial charge in [-0.2, -0.15) is 0 Å². The van der Waals surface area contributed by atoms with Gasteiger partial charge in [0.15, 0.2) is 0 Å². The maximum Gasteiger partial charge on any atom is 0.249 e. The molecule has 3 heterocycles. The van der Waals surface area contributed by atoms with Crippen LogP contribution in [0.3, 0.4) is 0 Å². The summed E-state index contributed by atoms with van der Waals surface area (Å²) in [5, 5.41) is 5.26. The molecule has 0 bridgehead atoms. The highest BCUT2D eigenvalue weighted by Gasteiger charge is 2.46. The standard InChI is InChI=1S/C21H30N4O4S/c1-29-14-19(26)25-12-16(11-18(25)21(28)23-8-6-22-7-9-23)24(20(27)15-4-5-15)13-17-3-2-10-30-17/h2-3,10,15-16,18,22H,4-9,11-14H2,1H3. The van der Waals surface area contributed by atoms with Crippen LogP contribution < -0.4 is 5.32 Å². The first kappa shape index (κ1) is 21.3. The van der Waals surface area contributed by atoms with Gasteiger partial charge in [-0.1, -0.05) is 6.07 Å². The van der Waals surface area contributed by atoms with Gasteiger partial charge in [-0.15, -0.1) is 11.3 Å². The third kappa shape index (κ3) is 4.68. The SMILES string of the molecule is COCC(=O)N1CC(N(Cc2cccs2)C(=O)C2CC2)CC1C(=O)N1CCNCC1. The van der Waals surface area contributed by atoms with E-state index in [1.165, 1.54) is 7.11 Å². The molecule has 1 saturated carbocycles. The molecule has 164 valence electrons. The van der Waals surface area contributed by atoms with Crippen LogP contribution in [-0.4, -0.2) is 90.9 Å². The van der Waals surface area contributed by atoms with Crippen LogP contribution in [0.2, 0.25) is 0 Å². The lowest BCUT2D eigenvalue weighted by Gasteiger charge is -2.32. The Balaban J connectivity index is 1.54. The summed E-state index contributed by atoms with van der Waals surface area (Å²) < 4.78 is 5.06. The van der Waals surface area contributed by atoms with Crippen LogP contribution in [0.15, 0.2) is 17.5 Å². The Morgan fingerprint density at radius 2 is 2.03 bits per heavy atom. The topological polar surface area (TPSA) is 82.2 Å². The molecule has 0 spiro atoms. The highest BCUT2D eigenvalue weighted by molar-refractivity contribution is 7.09. The molecular formula is C21H30N4O4S. The number of nitrogens with zero attached hydrogens (tertiary/aromatic N) is 3. The van der Waals surface area contributed by atoms with Gasteiger partial charge in [0, 0.05) is 50.6 Å². The normalized spacial score (nSPS) is 24.2. The lowest BCUT2D eigenvalue weighted by molar-refractivity contribution is -0.146. The Bertz CT molecular complexity index is 761. The Labute approximate surface area is 181 Å². The molecule has 1 N–H and O–H groups in total. The van der Waals surface area contributed by atoms with Gasteiger partial charge in [0.05, 0.1) is 12.6 Å². The average molecular weight is 435 g/mol. The maximum atomic E-state index is 13.3. The number of methoxy groups -OCH3 is 1. The molecule has 3 aliphatic rings. The zero-order valence-electron chi connectivity index (χ0n) is 17.4. The molecule has 1 aromatic rings. The highest BCUT2D eigenvalue weighted by atomic mass is 32.1. The van der Waals surface area contributed by atoms with E-state index in [2.05, 4.69) is 5.32 Å². The van der Waals surface area contributed by atoms with E-state index in [0.29, 0.717) is 32.6 Å². The molecule has 1 aromatic heterocycles. The van der Waals surface area contributed by atoms with Gasteiger partial charge in [-0.05, 0) is 30.7 Å². The number of carbonyl (C=O) groups is 3. The fraction of sp³-hybridized carbons (Fsp3) is 0.667. The molecule has 0 aromatic carbocycles. The van der Waals surface area contributed by atoms with Crippen LogP contribution >= 0.6 is 11.3 Å². The molecule has 2 aliphatic heterocycles. The third-order valence-electron chi connectivity index (χ3n) is 6.14. The molecule has 1 aliphatic carbocycles. The summed E-state index contributed by atoms with van der Waals surface area (Å²) in [4.78, 5) is 45.7. The largest absolute Gasteiger partial charge is 0.375 e. The molecule has 0 radical (unpaired) electrons. The van der Waals surface area contributed by atoms with Gasteiger partial charge < -0.3 is 24.8 Å². The molecule has 2 saturated heterocycles. The summed E-state index contributed by atoms with van der Waals surface area (Å²) >= 11 is 1.63. The lowest BCUT2D eigenvalue weighted by atomic mass is 10.1. The minimum atomic E-state index is -0.534. The van der Waals surface area contributed by atoms with Crippen molar-refractivity contribution in [2.24, 2.45) is 5.92 Å². The first-order chi connectivity index (χ1) is 14.6. The second-order valence-electron chi connectivity index (χ2n) is 8.28. The van der Waals surface area contributed by atoms with Crippen LogP contribution in [0.25, 0.3) is 0 Å². The third-order valence-corrected chi connectivity index (χ3v) is 7.00. The van der Waals surface area contributed by atoms with E-state index in [1.54, 1.807) is 16.2 Å². The summed E-state index contributed by atoms with van der Waals surface area (Å²) in [5.41, 5.74) is 0. The van der Waals surface area contributed by atoms with Crippen molar-refractivity contribution in [2.45, 2.75) is 37.9 Å². The highest BCUT2D eigenvalue weighted by Crippen LogP contribution is 2.35. The number of piperazine rings is 1. The molecule has 3 amide bonds. The number of carbonyl (C=O) groups excluding carboxylic acids is 3. The molecule has 3 fully saturated rings. The number of rotatable bonds is 7. The van der Waals surface area contributed by atoms with Crippen molar-refractivity contribution < 1.29 is 19.1 Å². The molecule has 9 heteroatoms. The van der Waals surface area contributed by atoms with Crippen molar-refractivity contribution in [3.8, 4) is 0 Å². The second kappa shape index (κ2) is 9.45. The maximum absolute atomic E-state index is 13.3. The second-order valence-corrected chi connectivity index (χ2v) is 9.31. The van der Waals surface area contributed by atoms with E-state index in [9.17, 15) is 14.4 Å². The monoisotopic (exact) mass is 434 g/mol. The van der Waals surface area contributed by atoms with Gasteiger partial charge in [-0.25, -0.2) is 0 Å². The molecule has 2 unspecified atom stereocenters. The predicted octanol–water partition coefficient (Wildman–Crippen LogP) is 0.534. The molecule has 8 nitrogen and oxygen atoms in total. The van der Waals surface area contributed by atoms with Crippen molar-refractivity contribution in [1.82, 2.24) is 20.0 Å². The van der Waals surface area contributed by atoms with Gasteiger partial charge in [-0.3, -0.25) is 14.4 Å². The quantitative estimate of drug-likeness (QED) is 0.677. The first-order valence-corrected chi connectivity index (χ1v) is 11.6. The van der Waals surface area contributed by atoms with E-state index in [-0.39, 0.29) is 36.3 Å². The minimum Gasteiger partial charge on any atom is -0.375 e. The molecular weight excluding hydrogens is 404 g/mol. The Hall–Kier alpha value is -1.97.